The number of aryl methyl sites for hydroxylation is 1. The van der Waals surface area contributed by atoms with Crippen LogP contribution in [0.25, 0.3) is 10.9 Å². The summed E-state index contributed by atoms with van der Waals surface area (Å²) in [7, 11) is 1.92. The van der Waals surface area contributed by atoms with Crippen molar-refractivity contribution in [1.29, 1.82) is 0 Å². The number of aliphatic carboxylic acids is 1. The van der Waals surface area contributed by atoms with E-state index in [4.69, 9.17) is 11.6 Å². The van der Waals surface area contributed by atoms with Crippen molar-refractivity contribution in [3.63, 3.8) is 0 Å². The Kier molecular flexibility index (Phi) is 2.05. The van der Waals surface area contributed by atoms with E-state index in [1.165, 1.54) is 0 Å². The van der Waals surface area contributed by atoms with Gasteiger partial charge >= 0.3 is 5.97 Å². The minimum absolute atomic E-state index is 0.648. The van der Waals surface area contributed by atoms with Crippen LogP contribution >= 0.6 is 11.6 Å². The van der Waals surface area contributed by atoms with Crippen LogP contribution in [0.3, 0.4) is 0 Å². The van der Waals surface area contributed by atoms with E-state index in [0.29, 0.717) is 5.02 Å². The van der Waals surface area contributed by atoms with Gasteiger partial charge in [0.25, 0.3) is 0 Å². The zero-order valence-electron chi connectivity index (χ0n) is 9.40. The van der Waals surface area contributed by atoms with Crippen molar-refractivity contribution in [2.24, 2.45) is 7.05 Å². The lowest BCUT2D eigenvalue weighted by Gasteiger charge is -2.10. The zero-order valence-corrected chi connectivity index (χ0v) is 10.2. The molecule has 1 aromatic carbocycles. The SMILES string of the molecule is Cn1cc(Cl)c2ccc(C3(C(=O)O)CC3)cc21. The van der Waals surface area contributed by atoms with Crippen molar-refractivity contribution in [3.05, 3.63) is 35.0 Å². The molecule has 0 radical (unpaired) electrons. The smallest absolute Gasteiger partial charge is 0.314 e. The van der Waals surface area contributed by atoms with Gasteiger partial charge < -0.3 is 9.67 Å². The molecule has 0 amide bonds. The second kappa shape index (κ2) is 3.26. The van der Waals surface area contributed by atoms with Gasteiger partial charge in [0.1, 0.15) is 0 Å². The molecule has 0 saturated heterocycles. The summed E-state index contributed by atoms with van der Waals surface area (Å²) in [5.41, 5.74) is 1.22. The maximum atomic E-state index is 11.3. The van der Waals surface area contributed by atoms with Crippen molar-refractivity contribution < 1.29 is 9.90 Å². The van der Waals surface area contributed by atoms with Gasteiger partial charge in [-0.15, -0.1) is 0 Å². The lowest BCUT2D eigenvalue weighted by Crippen LogP contribution is -2.19. The van der Waals surface area contributed by atoms with Gasteiger partial charge in [0, 0.05) is 24.1 Å². The highest BCUT2D eigenvalue weighted by molar-refractivity contribution is 6.35. The van der Waals surface area contributed by atoms with E-state index in [0.717, 1.165) is 29.3 Å². The average Bonchev–Trinajstić information content (AvgIpc) is 3.04. The molecule has 3 nitrogen and oxygen atoms in total. The maximum Gasteiger partial charge on any atom is 0.314 e. The number of hydrogen-bond acceptors (Lipinski definition) is 1. The number of carboxylic acid groups (broad SMARTS) is 1. The van der Waals surface area contributed by atoms with E-state index >= 15 is 0 Å². The summed E-state index contributed by atoms with van der Waals surface area (Å²) in [5.74, 6) is -0.725. The van der Waals surface area contributed by atoms with Crippen LogP contribution in [0.5, 0.6) is 0 Å². The van der Waals surface area contributed by atoms with E-state index < -0.39 is 11.4 Å². The summed E-state index contributed by atoms with van der Waals surface area (Å²) >= 11 is 6.09. The molecular formula is C13H12ClNO2. The van der Waals surface area contributed by atoms with Crippen LogP contribution in [0.4, 0.5) is 0 Å². The van der Waals surface area contributed by atoms with Crippen LogP contribution in [-0.2, 0) is 17.3 Å². The molecule has 1 aliphatic rings. The van der Waals surface area contributed by atoms with E-state index in [-0.39, 0.29) is 0 Å². The minimum atomic E-state index is -0.725. The molecule has 1 N–H and O–H groups in total. The molecule has 1 aliphatic carbocycles. The molecule has 1 heterocycles. The predicted molar refractivity (Wildman–Crippen MR) is 66.5 cm³/mol. The highest BCUT2D eigenvalue weighted by Gasteiger charge is 2.51. The van der Waals surface area contributed by atoms with Gasteiger partial charge in [-0.25, -0.2) is 0 Å². The zero-order chi connectivity index (χ0) is 12.2. The Balaban J connectivity index is 2.21. The fraction of sp³-hybridized carbons (Fsp3) is 0.308. The van der Waals surface area contributed by atoms with Crippen LogP contribution < -0.4 is 0 Å². The molecule has 0 aliphatic heterocycles. The van der Waals surface area contributed by atoms with Crippen LogP contribution in [0.1, 0.15) is 18.4 Å². The third-order valence-corrected chi connectivity index (χ3v) is 3.96. The third-order valence-electron chi connectivity index (χ3n) is 3.65. The van der Waals surface area contributed by atoms with E-state index in [9.17, 15) is 9.90 Å². The first-order chi connectivity index (χ1) is 8.04. The van der Waals surface area contributed by atoms with Gasteiger partial charge in [-0.2, -0.15) is 0 Å². The lowest BCUT2D eigenvalue weighted by molar-refractivity contribution is -0.140. The Labute approximate surface area is 104 Å². The molecule has 0 unspecified atom stereocenters. The molecule has 1 aromatic heterocycles. The second-order valence-electron chi connectivity index (χ2n) is 4.71. The lowest BCUT2D eigenvalue weighted by atomic mass is 9.95. The Morgan fingerprint density at radius 3 is 2.76 bits per heavy atom. The van der Waals surface area contributed by atoms with Crippen molar-refractivity contribution in [3.8, 4) is 0 Å². The summed E-state index contributed by atoms with van der Waals surface area (Å²) < 4.78 is 1.93. The predicted octanol–water partition coefficient (Wildman–Crippen LogP) is 2.95. The topological polar surface area (TPSA) is 42.2 Å². The summed E-state index contributed by atoms with van der Waals surface area (Å²) in [6.45, 7) is 0. The molecule has 2 aromatic rings. The molecule has 0 atom stereocenters. The highest BCUT2D eigenvalue weighted by atomic mass is 35.5. The first-order valence-corrected chi connectivity index (χ1v) is 5.91. The number of benzene rings is 1. The number of halogens is 1. The Hall–Kier alpha value is -1.48. The Bertz CT molecular complexity index is 626. The summed E-state index contributed by atoms with van der Waals surface area (Å²) in [4.78, 5) is 11.3. The number of carboxylic acids is 1. The largest absolute Gasteiger partial charge is 0.481 e. The first kappa shape index (κ1) is 10.7. The van der Waals surface area contributed by atoms with Gasteiger partial charge in [0.05, 0.1) is 10.4 Å². The number of hydrogen-bond donors (Lipinski definition) is 1. The molecule has 17 heavy (non-hydrogen) atoms. The number of fused-ring (bicyclic) bond motifs is 1. The summed E-state index contributed by atoms with van der Waals surface area (Å²) in [6, 6.07) is 5.74. The monoisotopic (exact) mass is 249 g/mol. The van der Waals surface area contributed by atoms with Crippen LogP contribution in [0.15, 0.2) is 24.4 Å². The quantitative estimate of drug-likeness (QED) is 0.889. The third kappa shape index (κ3) is 1.39. The minimum Gasteiger partial charge on any atom is -0.481 e. The average molecular weight is 250 g/mol. The highest BCUT2D eigenvalue weighted by Crippen LogP contribution is 2.49. The molecule has 3 rings (SSSR count). The fourth-order valence-electron chi connectivity index (χ4n) is 2.38. The Morgan fingerprint density at radius 1 is 1.47 bits per heavy atom. The first-order valence-electron chi connectivity index (χ1n) is 5.53. The molecule has 4 heteroatoms. The van der Waals surface area contributed by atoms with E-state index in [1.807, 2.05) is 36.0 Å². The molecule has 1 fully saturated rings. The number of nitrogens with zero attached hydrogens (tertiary/aromatic N) is 1. The molecule has 88 valence electrons. The second-order valence-corrected chi connectivity index (χ2v) is 5.11. The van der Waals surface area contributed by atoms with Gasteiger partial charge in [0.2, 0.25) is 0 Å². The van der Waals surface area contributed by atoms with Gasteiger partial charge in [-0.1, -0.05) is 23.7 Å². The van der Waals surface area contributed by atoms with Gasteiger partial charge in [-0.05, 0) is 24.5 Å². The number of aromatic nitrogens is 1. The van der Waals surface area contributed by atoms with Crippen LogP contribution in [0.2, 0.25) is 5.02 Å². The van der Waals surface area contributed by atoms with Crippen molar-refractivity contribution in [2.45, 2.75) is 18.3 Å². The molecule has 0 spiro atoms. The van der Waals surface area contributed by atoms with E-state index in [2.05, 4.69) is 0 Å². The normalized spacial score (nSPS) is 17.3. The Morgan fingerprint density at radius 2 is 2.18 bits per heavy atom. The van der Waals surface area contributed by atoms with Crippen LogP contribution in [-0.4, -0.2) is 15.6 Å². The summed E-state index contributed by atoms with van der Waals surface area (Å²) in [5, 5.41) is 10.9. The number of carbonyl (C=O) groups is 1. The maximum absolute atomic E-state index is 11.3. The van der Waals surface area contributed by atoms with Crippen molar-refractivity contribution in [2.75, 3.05) is 0 Å². The van der Waals surface area contributed by atoms with Gasteiger partial charge in [0.15, 0.2) is 0 Å². The molecule has 0 bridgehead atoms. The standard InChI is InChI=1S/C13H12ClNO2/c1-15-7-10(14)9-3-2-8(6-11(9)15)13(4-5-13)12(16)17/h2-3,6-7H,4-5H2,1H3,(H,16,17). The number of rotatable bonds is 2. The summed E-state index contributed by atoms with van der Waals surface area (Å²) in [6.07, 6.45) is 3.30. The van der Waals surface area contributed by atoms with Gasteiger partial charge in [-0.3, -0.25) is 4.79 Å². The molecular weight excluding hydrogens is 238 g/mol. The fourth-order valence-corrected chi connectivity index (χ4v) is 2.69. The van der Waals surface area contributed by atoms with Crippen molar-refractivity contribution >= 4 is 28.5 Å². The van der Waals surface area contributed by atoms with Crippen LogP contribution in [0, 0.1) is 0 Å². The van der Waals surface area contributed by atoms with Crippen molar-refractivity contribution in [1.82, 2.24) is 4.57 Å². The molecule has 1 saturated carbocycles. The van der Waals surface area contributed by atoms with E-state index in [1.54, 1.807) is 0 Å².